The molecular formula is C16H17N7O. The number of hydrogen-bond acceptors (Lipinski definition) is 5. The molecule has 0 fully saturated rings. The summed E-state index contributed by atoms with van der Waals surface area (Å²) in [5.74, 6) is 0.463. The molecule has 24 heavy (non-hydrogen) atoms. The van der Waals surface area contributed by atoms with Crippen molar-refractivity contribution in [1.82, 2.24) is 29.1 Å². The summed E-state index contributed by atoms with van der Waals surface area (Å²) in [6.07, 6.45) is 6.40. The van der Waals surface area contributed by atoms with Crippen molar-refractivity contribution in [3.63, 3.8) is 0 Å². The summed E-state index contributed by atoms with van der Waals surface area (Å²) in [6, 6.07) is 3.75. The SMILES string of the molecule is Cc1nc2cc3c(cc2[nH]c1=O)nc(N)n3CCCn1ccnc1. The number of fused-ring (bicyclic) bond motifs is 2. The van der Waals surface area contributed by atoms with Gasteiger partial charge in [-0.05, 0) is 25.5 Å². The molecule has 0 radical (unpaired) electrons. The first kappa shape index (κ1) is 14.4. The van der Waals surface area contributed by atoms with Gasteiger partial charge in [0.15, 0.2) is 0 Å². The minimum absolute atomic E-state index is 0.186. The Kier molecular flexibility index (Phi) is 3.30. The summed E-state index contributed by atoms with van der Waals surface area (Å²) in [5, 5.41) is 0. The molecule has 3 aromatic heterocycles. The van der Waals surface area contributed by atoms with Crippen LogP contribution in [0, 0.1) is 6.92 Å². The molecule has 8 nitrogen and oxygen atoms in total. The molecular weight excluding hydrogens is 306 g/mol. The van der Waals surface area contributed by atoms with E-state index < -0.39 is 0 Å². The van der Waals surface area contributed by atoms with Gasteiger partial charge in [-0.2, -0.15) is 0 Å². The third-order valence-corrected chi connectivity index (χ3v) is 4.12. The van der Waals surface area contributed by atoms with E-state index in [0.717, 1.165) is 36.1 Å². The fraction of sp³-hybridized carbons (Fsp3) is 0.250. The van der Waals surface area contributed by atoms with E-state index in [1.165, 1.54) is 0 Å². The maximum atomic E-state index is 11.7. The van der Waals surface area contributed by atoms with Crippen LogP contribution < -0.4 is 11.3 Å². The third-order valence-electron chi connectivity index (χ3n) is 4.12. The van der Waals surface area contributed by atoms with Crippen LogP contribution in [0.15, 0.2) is 35.6 Å². The monoisotopic (exact) mass is 323 g/mol. The Bertz CT molecular complexity index is 1080. The fourth-order valence-electron chi connectivity index (χ4n) is 2.88. The number of aromatic nitrogens is 6. The molecule has 0 spiro atoms. The van der Waals surface area contributed by atoms with Gasteiger partial charge in [-0.3, -0.25) is 4.79 Å². The molecule has 0 aliphatic carbocycles. The molecule has 3 N–H and O–H groups in total. The Balaban J connectivity index is 1.72. The minimum Gasteiger partial charge on any atom is -0.369 e. The Morgan fingerprint density at radius 3 is 2.88 bits per heavy atom. The molecule has 4 rings (SSSR count). The Labute approximate surface area is 137 Å². The number of hydrogen-bond donors (Lipinski definition) is 2. The predicted molar refractivity (Wildman–Crippen MR) is 91.6 cm³/mol. The van der Waals surface area contributed by atoms with Gasteiger partial charge in [-0.25, -0.2) is 15.0 Å². The largest absolute Gasteiger partial charge is 0.369 e. The van der Waals surface area contributed by atoms with E-state index in [1.807, 2.05) is 27.5 Å². The number of nitrogens with one attached hydrogen (secondary N) is 1. The number of aromatic amines is 1. The second-order valence-corrected chi connectivity index (χ2v) is 5.79. The van der Waals surface area contributed by atoms with Crippen LogP contribution >= 0.6 is 0 Å². The lowest BCUT2D eigenvalue weighted by Gasteiger charge is -2.07. The maximum absolute atomic E-state index is 11.7. The minimum atomic E-state index is -0.186. The van der Waals surface area contributed by atoms with Crippen molar-refractivity contribution in [3.8, 4) is 0 Å². The average Bonchev–Trinajstić information content (AvgIpc) is 3.15. The van der Waals surface area contributed by atoms with E-state index in [1.54, 1.807) is 19.4 Å². The summed E-state index contributed by atoms with van der Waals surface area (Å²) >= 11 is 0. The van der Waals surface area contributed by atoms with E-state index >= 15 is 0 Å². The number of aryl methyl sites for hydroxylation is 3. The number of imidazole rings is 2. The topological polar surface area (TPSA) is 107 Å². The molecule has 122 valence electrons. The van der Waals surface area contributed by atoms with Gasteiger partial charge in [0.1, 0.15) is 5.69 Å². The lowest BCUT2D eigenvalue weighted by Crippen LogP contribution is -2.11. The standard InChI is InChI=1S/C16H17N7O/c1-10-15(24)20-11-7-13-14(8-12(11)19-10)23(16(17)21-13)5-2-4-22-6-3-18-9-22/h3,6-9H,2,4-5H2,1H3,(H2,17,21)(H,20,24). The molecule has 0 aliphatic heterocycles. The zero-order valence-corrected chi connectivity index (χ0v) is 13.2. The van der Waals surface area contributed by atoms with E-state index in [9.17, 15) is 4.79 Å². The summed E-state index contributed by atoms with van der Waals surface area (Å²) < 4.78 is 4.01. The highest BCUT2D eigenvalue weighted by molar-refractivity contribution is 5.92. The highest BCUT2D eigenvalue weighted by Gasteiger charge is 2.11. The average molecular weight is 323 g/mol. The normalized spacial score (nSPS) is 11.5. The van der Waals surface area contributed by atoms with Crippen molar-refractivity contribution < 1.29 is 0 Å². The van der Waals surface area contributed by atoms with Gasteiger partial charge in [0.2, 0.25) is 5.95 Å². The van der Waals surface area contributed by atoms with Gasteiger partial charge >= 0.3 is 0 Å². The van der Waals surface area contributed by atoms with Crippen LogP contribution in [0.2, 0.25) is 0 Å². The lowest BCUT2D eigenvalue weighted by atomic mass is 10.2. The van der Waals surface area contributed by atoms with Crippen LogP contribution in [0.3, 0.4) is 0 Å². The molecule has 0 aliphatic rings. The first-order valence-corrected chi connectivity index (χ1v) is 7.74. The van der Waals surface area contributed by atoms with Crippen LogP contribution in [-0.2, 0) is 13.1 Å². The molecule has 0 atom stereocenters. The quantitative estimate of drug-likeness (QED) is 0.591. The van der Waals surface area contributed by atoms with Gasteiger partial charge in [0.05, 0.1) is 28.4 Å². The Hall–Kier alpha value is -3.16. The highest BCUT2D eigenvalue weighted by atomic mass is 16.1. The smallest absolute Gasteiger partial charge is 0.269 e. The first-order valence-electron chi connectivity index (χ1n) is 7.74. The predicted octanol–water partition coefficient (Wildman–Crippen LogP) is 1.45. The summed E-state index contributed by atoms with van der Waals surface area (Å²) in [5.41, 5.74) is 9.41. The van der Waals surface area contributed by atoms with Crippen LogP contribution in [0.25, 0.3) is 22.1 Å². The zero-order chi connectivity index (χ0) is 16.7. The number of anilines is 1. The van der Waals surface area contributed by atoms with Crippen molar-refractivity contribution in [2.45, 2.75) is 26.4 Å². The number of nitrogens with two attached hydrogens (primary N) is 1. The van der Waals surface area contributed by atoms with E-state index in [-0.39, 0.29) is 5.56 Å². The number of benzene rings is 1. The van der Waals surface area contributed by atoms with Crippen LogP contribution in [0.4, 0.5) is 5.95 Å². The van der Waals surface area contributed by atoms with Crippen molar-refractivity contribution in [2.24, 2.45) is 0 Å². The molecule has 0 saturated carbocycles. The summed E-state index contributed by atoms with van der Waals surface area (Å²) in [6.45, 7) is 3.30. The molecule has 0 amide bonds. The van der Waals surface area contributed by atoms with Crippen molar-refractivity contribution in [1.29, 1.82) is 0 Å². The van der Waals surface area contributed by atoms with E-state index in [0.29, 0.717) is 17.2 Å². The van der Waals surface area contributed by atoms with Gasteiger partial charge in [0.25, 0.3) is 5.56 Å². The summed E-state index contributed by atoms with van der Waals surface area (Å²) in [4.78, 5) is 27.3. The first-order chi connectivity index (χ1) is 11.6. The molecule has 0 unspecified atom stereocenters. The number of nitrogens with zero attached hydrogens (tertiary/aromatic N) is 5. The molecule has 0 saturated heterocycles. The number of rotatable bonds is 4. The fourth-order valence-corrected chi connectivity index (χ4v) is 2.88. The lowest BCUT2D eigenvalue weighted by molar-refractivity contribution is 0.575. The highest BCUT2D eigenvalue weighted by Crippen LogP contribution is 2.22. The molecule has 3 heterocycles. The molecule has 8 heteroatoms. The summed E-state index contributed by atoms with van der Waals surface area (Å²) in [7, 11) is 0. The second-order valence-electron chi connectivity index (χ2n) is 5.79. The van der Waals surface area contributed by atoms with E-state index in [4.69, 9.17) is 5.73 Å². The van der Waals surface area contributed by atoms with Crippen LogP contribution in [0.5, 0.6) is 0 Å². The Morgan fingerprint density at radius 2 is 2.08 bits per heavy atom. The number of H-pyrrole nitrogens is 1. The van der Waals surface area contributed by atoms with Crippen molar-refractivity contribution >= 4 is 28.0 Å². The van der Waals surface area contributed by atoms with Crippen molar-refractivity contribution in [2.75, 3.05) is 5.73 Å². The maximum Gasteiger partial charge on any atom is 0.269 e. The van der Waals surface area contributed by atoms with Crippen LogP contribution in [-0.4, -0.2) is 29.1 Å². The van der Waals surface area contributed by atoms with E-state index in [2.05, 4.69) is 19.9 Å². The third kappa shape index (κ3) is 2.41. The van der Waals surface area contributed by atoms with Gasteiger partial charge in [-0.1, -0.05) is 0 Å². The van der Waals surface area contributed by atoms with Gasteiger partial charge < -0.3 is 19.9 Å². The van der Waals surface area contributed by atoms with Gasteiger partial charge in [-0.15, -0.1) is 0 Å². The second kappa shape index (κ2) is 5.48. The van der Waals surface area contributed by atoms with Gasteiger partial charge in [0, 0.05) is 25.5 Å². The number of nitrogen functional groups attached to an aromatic ring is 1. The zero-order valence-electron chi connectivity index (χ0n) is 13.2. The molecule has 0 bridgehead atoms. The molecule has 1 aromatic carbocycles. The van der Waals surface area contributed by atoms with Crippen molar-refractivity contribution in [3.05, 3.63) is 46.9 Å². The van der Waals surface area contributed by atoms with Crippen LogP contribution in [0.1, 0.15) is 12.1 Å². The molecule has 4 aromatic rings. The Morgan fingerprint density at radius 1 is 1.21 bits per heavy atom.